The summed E-state index contributed by atoms with van der Waals surface area (Å²) in [6, 6.07) is 5.39. The first-order chi connectivity index (χ1) is 6.24. The summed E-state index contributed by atoms with van der Waals surface area (Å²) in [4.78, 5) is 0. The van der Waals surface area contributed by atoms with E-state index in [4.69, 9.17) is 11.0 Å². The van der Waals surface area contributed by atoms with Crippen molar-refractivity contribution in [2.75, 3.05) is 0 Å². The molecule has 0 saturated carbocycles. The quantitative estimate of drug-likeness (QED) is 0.621. The maximum Gasteiger partial charge on any atom is 0.133 e. The minimum Gasteiger partial charge on any atom is -0.507 e. The van der Waals surface area contributed by atoms with Crippen LogP contribution in [-0.4, -0.2) is 5.11 Å². The van der Waals surface area contributed by atoms with Crippen LogP contribution >= 0.6 is 0 Å². The van der Waals surface area contributed by atoms with Gasteiger partial charge in [0.1, 0.15) is 11.8 Å². The molecule has 1 atom stereocenters. The van der Waals surface area contributed by atoms with E-state index in [1.807, 2.05) is 12.1 Å². The molecule has 0 spiro atoms. The average Bonchev–Trinajstić information content (AvgIpc) is 2.48. The number of nitriles is 1. The van der Waals surface area contributed by atoms with Gasteiger partial charge in [0.05, 0.1) is 5.56 Å². The Balaban J connectivity index is 2.66. The number of aromatic hydroxyl groups is 1. The third kappa shape index (κ3) is 1.07. The predicted octanol–water partition coefficient (Wildman–Crippen LogP) is 1.21. The molecule has 1 aromatic rings. The van der Waals surface area contributed by atoms with Gasteiger partial charge in [-0.05, 0) is 30.0 Å². The average molecular weight is 174 g/mol. The third-order valence-electron chi connectivity index (χ3n) is 2.54. The van der Waals surface area contributed by atoms with Crippen LogP contribution in [0.3, 0.4) is 0 Å². The van der Waals surface area contributed by atoms with E-state index in [1.165, 1.54) is 0 Å². The van der Waals surface area contributed by atoms with E-state index in [9.17, 15) is 5.11 Å². The van der Waals surface area contributed by atoms with Crippen LogP contribution in [0.4, 0.5) is 0 Å². The van der Waals surface area contributed by atoms with Gasteiger partial charge in [0.25, 0.3) is 0 Å². The monoisotopic (exact) mass is 174 g/mol. The molecular weight excluding hydrogens is 164 g/mol. The maximum atomic E-state index is 9.40. The van der Waals surface area contributed by atoms with Crippen LogP contribution in [0.2, 0.25) is 0 Å². The molecule has 1 aliphatic carbocycles. The molecule has 0 unspecified atom stereocenters. The zero-order valence-corrected chi connectivity index (χ0v) is 7.12. The molecule has 0 heterocycles. The minimum absolute atomic E-state index is 0.0303. The summed E-state index contributed by atoms with van der Waals surface area (Å²) in [5.74, 6) is 0.0651. The lowest BCUT2D eigenvalue weighted by molar-refractivity contribution is 0.473. The molecule has 1 aliphatic rings. The Hall–Kier alpha value is -1.53. The van der Waals surface area contributed by atoms with E-state index in [0.29, 0.717) is 5.56 Å². The number of benzene rings is 1. The molecule has 0 bridgehead atoms. The van der Waals surface area contributed by atoms with Crippen LogP contribution in [0.25, 0.3) is 0 Å². The molecule has 66 valence electrons. The van der Waals surface area contributed by atoms with Crippen molar-refractivity contribution in [2.45, 2.75) is 18.9 Å². The highest BCUT2D eigenvalue weighted by atomic mass is 16.3. The van der Waals surface area contributed by atoms with Crippen molar-refractivity contribution in [3.05, 3.63) is 28.8 Å². The maximum absolute atomic E-state index is 9.40. The second kappa shape index (κ2) is 2.75. The lowest BCUT2D eigenvalue weighted by atomic mass is 10.0. The zero-order valence-electron chi connectivity index (χ0n) is 7.12. The number of rotatable bonds is 0. The van der Waals surface area contributed by atoms with Crippen LogP contribution in [0, 0.1) is 11.3 Å². The van der Waals surface area contributed by atoms with Crippen molar-refractivity contribution in [1.29, 1.82) is 5.26 Å². The second-order valence-corrected chi connectivity index (χ2v) is 3.28. The van der Waals surface area contributed by atoms with E-state index in [1.54, 1.807) is 6.07 Å². The number of nitrogens with two attached hydrogens (primary N) is 1. The number of nitrogens with zero attached hydrogens (tertiary/aromatic N) is 1. The Morgan fingerprint density at radius 1 is 1.54 bits per heavy atom. The highest BCUT2D eigenvalue weighted by molar-refractivity contribution is 5.54. The van der Waals surface area contributed by atoms with Gasteiger partial charge in [-0.15, -0.1) is 0 Å². The molecule has 0 amide bonds. The summed E-state index contributed by atoms with van der Waals surface area (Å²) >= 11 is 0. The lowest BCUT2D eigenvalue weighted by Gasteiger charge is -2.06. The van der Waals surface area contributed by atoms with Gasteiger partial charge >= 0.3 is 0 Å². The molecule has 2 rings (SSSR count). The highest BCUT2D eigenvalue weighted by Crippen LogP contribution is 2.35. The lowest BCUT2D eigenvalue weighted by Crippen LogP contribution is -2.05. The van der Waals surface area contributed by atoms with Crippen LogP contribution in [-0.2, 0) is 6.42 Å². The molecule has 3 heteroatoms. The van der Waals surface area contributed by atoms with E-state index in [0.717, 1.165) is 24.0 Å². The van der Waals surface area contributed by atoms with Crippen LogP contribution in [0.1, 0.15) is 29.2 Å². The van der Waals surface area contributed by atoms with Crippen LogP contribution in [0.15, 0.2) is 12.1 Å². The Morgan fingerprint density at radius 3 is 3.00 bits per heavy atom. The zero-order chi connectivity index (χ0) is 9.42. The molecule has 0 aliphatic heterocycles. The first-order valence-corrected chi connectivity index (χ1v) is 4.24. The largest absolute Gasteiger partial charge is 0.507 e. The molecule has 0 aromatic heterocycles. The number of phenolic OH excluding ortho intramolecular Hbond substituents is 1. The third-order valence-corrected chi connectivity index (χ3v) is 2.54. The van der Waals surface area contributed by atoms with Crippen molar-refractivity contribution in [3.63, 3.8) is 0 Å². The van der Waals surface area contributed by atoms with Gasteiger partial charge in [0, 0.05) is 6.04 Å². The van der Waals surface area contributed by atoms with Crippen molar-refractivity contribution in [1.82, 2.24) is 0 Å². The molecule has 1 aromatic carbocycles. The predicted molar refractivity (Wildman–Crippen MR) is 48.1 cm³/mol. The fourth-order valence-electron chi connectivity index (χ4n) is 1.85. The summed E-state index contributed by atoms with van der Waals surface area (Å²) in [7, 11) is 0. The van der Waals surface area contributed by atoms with Crippen molar-refractivity contribution < 1.29 is 5.11 Å². The van der Waals surface area contributed by atoms with E-state index < -0.39 is 0 Å². The Kier molecular flexibility index (Phi) is 1.71. The summed E-state index contributed by atoms with van der Waals surface area (Å²) in [5.41, 5.74) is 8.16. The first kappa shape index (κ1) is 8.09. The molecular formula is C10H10N2O. The highest BCUT2D eigenvalue weighted by Gasteiger charge is 2.23. The SMILES string of the molecule is N#Cc1c(O)ccc2c1CC[C@@H]2N. The molecule has 3 N–H and O–H groups in total. The normalized spacial score (nSPS) is 19.5. The van der Waals surface area contributed by atoms with Gasteiger partial charge in [0.15, 0.2) is 0 Å². The smallest absolute Gasteiger partial charge is 0.133 e. The van der Waals surface area contributed by atoms with Crippen molar-refractivity contribution in [3.8, 4) is 11.8 Å². The van der Waals surface area contributed by atoms with E-state index in [-0.39, 0.29) is 11.8 Å². The summed E-state index contributed by atoms with van der Waals surface area (Å²) in [6.45, 7) is 0. The standard InChI is InChI=1S/C10H10N2O/c11-5-8-6-1-3-9(12)7(6)2-4-10(8)13/h2,4,9,13H,1,3,12H2/t9-/m0/s1. The fourth-order valence-corrected chi connectivity index (χ4v) is 1.85. The summed E-state index contributed by atoms with van der Waals surface area (Å²) < 4.78 is 0. The fraction of sp³-hybridized carbons (Fsp3) is 0.300. The summed E-state index contributed by atoms with van der Waals surface area (Å²) in [5, 5.41) is 18.2. The van der Waals surface area contributed by atoms with Crippen LogP contribution in [0.5, 0.6) is 5.75 Å². The molecule has 13 heavy (non-hydrogen) atoms. The van der Waals surface area contributed by atoms with Gasteiger partial charge < -0.3 is 10.8 Å². The Morgan fingerprint density at radius 2 is 2.31 bits per heavy atom. The number of hydrogen-bond donors (Lipinski definition) is 2. The van der Waals surface area contributed by atoms with E-state index in [2.05, 4.69) is 0 Å². The van der Waals surface area contributed by atoms with E-state index >= 15 is 0 Å². The van der Waals surface area contributed by atoms with Gasteiger partial charge in [-0.25, -0.2) is 0 Å². The minimum atomic E-state index is 0.0303. The second-order valence-electron chi connectivity index (χ2n) is 3.28. The van der Waals surface area contributed by atoms with Crippen molar-refractivity contribution in [2.24, 2.45) is 5.73 Å². The number of phenols is 1. The van der Waals surface area contributed by atoms with Crippen molar-refractivity contribution >= 4 is 0 Å². The van der Waals surface area contributed by atoms with Gasteiger partial charge in [-0.1, -0.05) is 6.07 Å². The number of hydrogen-bond acceptors (Lipinski definition) is 3. The van der Waals surface area contributed by atoms with Gasteiger partial charge in [-0.3, -0.25) is 0 Å². The molecule has 0 fully saturated rings. The first-order valence-electron chi connectivity index (χ1n) is 4.24. The molecule has 0 radical (unpaired) electrons. The summed E-state index contributed by atoms with van der Waals surface area (Å²) in [6.07, 6.45) is 1.67. The molecule has 3 nitrogen and oxygen atoms in total. The van der Waals surface area contributed by atoms with Gasteiger partial charge in [-0.2, -0.15) is 5.26 Å². The molecule has 0 saturated heterocycles. The Labute approximate surface area is 76.4 Å². The van der Waals surface area contributed by atoms with Crippen LogP contribution < -0.4 is 5.73 Å². The number of fused-ring (bicyclic) bond motifs is 1. The van der Waals surface area contributed by atoms with Gasteiger partial charge in [0.2, 0.25) is 0 Å². The Bertz CT molecular complexity index is 393. The topological polar surface area (TPSA) is 70.0 Å².